The molecule has 0 saturated heterocycles. The number of hydrogen-bond acceptors (Lipinski definition) is 4. The minimum absolute atomic E-state index is 0.264. The molecule has 1 N–H and O–H groups in total. The van der Waals surface area contributed by atoms with Crippen LogP contribution in [-0.4, -0.2) is 31.3 Å². The first-order valence-corrected chi connectivity index (χ1v) is 4.93. The molecule has 0 saturated carbocycles. The standard InChI is InChI=1S/C8H11F3N4O2/c1-2-3-5(4-6(16)17)15-7(8(9,10)11)12-13-14-15/h5H,2-4H2,1H3,(H,16,17). The highest BCUT2D eigenvalue weighted by Crippen LogP contribution is 2.30. The molecule has 0 aliphatic heterocycles. The van der Waals surface area contributed by atoms with Crippen LogP contribution in [0, 0.1) is 0 Å². The third-order valence-electron chi connectivity index (χ3n) is 2.12. The topological polar surface area (TPSA) is 80.9 Å². The normalized spacial score (nSPS) is 13.6. The zero-order chi connectivity index (χ0) is 13.1. The van der Waals surface area contributed by atoms with Gasteiger partial charge in [-0.1, -0.05) is 13.3 Å². The van der Waals surface area contributed by atoms with Crippen molar-refractivity contribution < 1.29 is 23.1 Å². The van der Waals surface area contributed by atoms with E-state index < -0.39 is 30.4 Å². The van der Waals surface area contributed by atoms with Gasteiger partial charge in [-0.3, -0.25) is 4.79 Å². The third kappa shape index (κ3) is 3.40. The van der Waals surface area contributed by atoms with Crippen LogP contribution in [0.25, 0.3) is 0 Å². The summed E-state index contributed by atoms with van der Waals surface area (Å²) in [5.41, 5.74) is 0. The van der Waals surface area contributed by atoms with Gasteiger partial charge in [-0.05, 0) is 16.8 Å². The molecule has 17 heavy (non-hydrogen) atoms. The van der Waals surface area contributed by atoms with Gasteiger partial charge in [-0.15, -0.1) is 5.10 Å². The second kappa shape index (κ2) is 5.11. The Labute approximate surface area is 94.4 Å². The first-order chi connectivity index (χ1) is 7.86. The molecular weight excluding hydrogens is 241 g/mol. The van der Waals surface area contributed by atoms with E-state index in [1.54, 1.807) is 6.92 Å². The third-order valence-corrected chi connectivity index (χ3v) is 2.12. The smallest absolute Gasteiger partial charge is 0.453 e. The van der Waals surface area contributed by atoms with Crippen LogP contribution in [-0.2, 0) is 11.0 Å². The summed E-state index contributed by atoms with van der Waals surface area (Å²) in [6.45, 7) is 1.74. The van der Waals surface area contributed by atoms with Gasteiger partial charge in [-0.2, -0.15) is 13.2 Å². The number of hydrogen-bond donors (Lipinski definition) is 1. The molecule has 1 rings (SSSR count). The summed E-state index contributed by atoms with van der Waals surface area (Å²) in [5.74, 6) is -2.45. The van der Waals surface area contributed by atoms with Gasteiger partial charge < -0.3 is 5.11 Å². The Balaban J connectivity index is 3.02. The average molecular weight is 252 g/mol. The van der Waals surface area contributed by atoms with Crippen LogP contribution in [0.1, 0.15) is 38.1 Å². The summed E-state index contributed by atoms with van der Waals surface area (Å²) < 4.78 is 38.1. The Morgan fingerprint density at radius 3 is 2.65 bits per heavy atom. The van der Waals surface area contributed by atoms with E-state index in [2.05, 4.69) is 15.5 Å². The SMILES string of the molecule is CCCC(CC(=O)O)n1nnnc1C(F)(F)F. The molecule has 0 amide bonds. The number of carboxylic acids is 1. The first kappa shape index (κ1) is 13.4. The monoisotopic (exact) mass is 252 g/mol. The van der Waals surface area contributed by atoms with Crippen molar-refractivity contribution in [2.24, 2.45) is 0 Å². The maximum Gasteiger partial charge on any atom is 0.453 e. The molecule has 0 aromatic carbocycles. The maximum absolute atomic E-state index is 12.5. The van der Waals surface area contributed by atoms with Gasteiger partial charge >= 0.3 is 12.1 Å². The highest BCUT2D eigenvalue weighted by atomic mass is 19.4. The molecule has 9 heteroatoms. The van der Waals surface area contributed by atoms with Crippen molar-refractivity contribution in [1.82, 2.24) is 20.2 Å². The lowest BCUT2D eigenvalue weighted by Gasteiger charge is -2.16. The highest BCUT2D eigenvalue weighted by molar-refractivity contribution is 5.67. The van der Waals surface area contributed by atoms with Gasteiger partial charge in [-0.25, -0.2) is 4.68 Å². The van der Waals surface area contributed by atoms with Gasteiger partial charge in [0.15, 0.2) is 0 Å². The molecular formula is C8H11F3N4O2. The van der Waals surface area contributed by atoms with E-state index in [-0.39, 0.29) is 6.42 Å². The Kier molecular flexibility index (Phi) is 4.02. The van der Waals surface area contributed by atoms with E-state index in [0.29, 0.717) is 11.1 Å². The molecule has 1 unspecified atom stereocenters. The summed E-state index contributed by atoms with van der Waals surface area (Å²) in [6, 6.07) is -0.885. The number of carboxylic acid groups (broad SMARTS) is 1. The van der Waals surface area contributed by atoms with Crippen LogP contribution in [0.4, 0.5) is 13.2 Å². The molecule has 1 aromatic heterocycles. The number of tetrazole rings is 1. The summed E-state index contributed by atoms with van der Waals surface area (Å²) in [5, 5.41) is 17.7. The predicted octanol–water partition coefficient (Wildman–Crippen LogP) is 1.51. The molecule has 1 atom stereocenters. The van der Waals surface area contributed by atoms with E-state index in [4.69, 9.17) is 5.11 Å². The molecule has 0 fully saturated rings. The quantitative estimate of drug-likeness (QED) is 0.858. The van der Waals surface area contributed by atoms with Crippen LogP contribution in [0.2, 0.25) is 0 Å². The Hall–Kier alpha value is -1.67. The van der Waals surface area contributed by atoms with Crippen molar-refractivity contribution in [1.29, 1.82) is 0 Å². The van der Waals surface area contributed by atoms with E-state index in [0.717, 1.165) is 0 Å². The fraction of sp³-hybridized carbons (Fsp3) is 0.750. The zero-order valence-electron chi connectivity index (χ0n) is 8.98. The van der Waals surface area contributed by atoms with Crippen molar-refractivity contribution in [3.8, 4) is 0 Å². The van der Waals surface area contributed by atoms with Gasteiger partial charge in [0, 0.05) is 0 Å². The molecule has 0 aliphatic carbocycles. The Morgan fingerprint density at radius 2 is 2.18 bits per heavy atom. The number of carbonyl (C=O) groups is 1. The van der Waals surface area contributed by atoms with Crippen molar-refractivity contribution in [2.75, 3.05) is 0 Å². The maximum atomic E-state index is 12.5. The lowest BCUT2D eigenvalue weighted by Crippen LogP contribution is -2.22. The van der Waals surface area contributed by atoms with Crippen LogP contribution < -0.4 is 0 Å². The number of halogens is 3. The van der Waals surface area contributed by atoms with Crippen LogP contribution >= 0.6 is 0 Å². The van der Waals surface area contributed by atoms with Crippen molar-refractivity contribution >= 4 is 5.97 Å². The van der Waals surface area contributed by atoms with Crippen LogP contribution in [0.5, 0.6) is 0 Å². The number of aromatic nitrogens is 4. The summed E-state index contributed by atoms with van der Waals surface area (Å²) in [6.07, 6.45) is -4.33. The first-order valence-electron chi connectivity index (χ1n) is 4.93. The number of alkyl halides is 3. The van der Waals surface area contributed by atoms with E-state index in [1.165, 1.54) is 0 Å². The predicted molar refractivity (Wildman–Crippen MR) is 49.0 cm³/mol. The summed E-state index contributed by atoms with van der Waals surface area (Å²) in [7, 11) is 0. The molecule has 0 bridgehead atoms. The van der Waals surface area contributed by atoms with E-state index in [9.17, 15) is 18.0 Å². The summed E-state index contributed by atoms with van der Waals surface area (Å²) >= 11 is 0. The van der Waals surface area contributed by atoms with Gasteiger partial charge in [0.05, 0.1) is 12.5 Å². The lowest BCUT2D eigenvalue weighted by atomic mass is 10.1. The zero-order valence-corrected chi connectivity index (χ0v) is 8.98. The van der Waals surface area contributed by atoms with Crippen molar-refractivity contribution in [2.45, 2.75) is 38.4 Å². The van der Waals surface area contributed by atoms with E-state index in [1.807, 2.05) is 0 Å². The minimum atomic E-state index is -4.69. The number of aliphatic carboxylic acids is 1. The highest BCUT2D eigenvalue weighted by Gasteiger charge is 2.39. The van der Waals surface area contributed by atoms with Crippen molar-refractivity contribution in [3.05, 3.63) is 5.82 Å². The van der Waals surface area contributed by atoms with Gasteiger partial charge in [0.25, 0.3) is 5.82 Å². The lowest BCUT2D eigenvalue weighted by molar-refractivity contribution is -0.150. The molecule has 96 valence electrons. The molecule has 0 spiro atoms. The van der Waals surface area contributed by atoms with Gasteiger partial charge in [0.1, 0.15) is 0 Å². The number of rotatable bonds is 5. The Morgan fingerprint density at radius 1 is 1.53 bits per heavy atom. The summed E-state index contributed by atoms with van der Waals surface area (Å²) in [4.78, 5) is 10.6. The largest absolute Gasteiger partial charge is 0.481 e. The van der Waals surface area contributed by atoms with Crippen LogP contribution in [0.3, 0.4) is 0 Å². The average Bonchev–Trinajstić information content (AvgIpc) is 2.63. The van der Waals surface area contributed by atoms with E-state index >= 15 is 0 Å². The molecule has 0 aliphatic rings. The van der Waals surface area contributed by atoms with Crippen molar-refractivity contribution in [3.63, 3.8) is 0 Å². The minimum Gasteiger partial charge on any atom is -0.481 e. The van der Waals surface area contributed by atoms with Gasteiger partial charge in [0.2, 0.25) is 0 Å². The molecule has 6 nitrogen and oxygen atoms in total. The molecule has 0 radical (unpaired) electrons. The number of nitrogens with zero attached hydrogens (tertiary/aromatic N) is 4. The molecule has 1 heterocycles. The second-order valence-electron chi connectivity index (χ2n) is 3.49. The fourth-order valence-corrected chi connectivity index (χ4v) is 1.47. The Bertz CT molecular complexity index is 390. The fourth-order valence-electron chi connectivity index (χ4n) is 1.47. The second-order valence-corrected chi connectivity index (χ2v) is 3.49. The molecule has 1 aromatic rings. The van der Waals surface area contributed by atoms with Crippen LogP contribution in [0.15, 0.2) is 0 Å².